The fourth-order valence-corrected chi connectivity index (χ4v) is 2.58. The van der Waals surface area contributed by atoms with E-state index in [1.165, 1.54) is 18.4 Å². The summed E-state index contributed by atoms with van der Waals surface area (Å²) in [5, 5.41) is 0. The van der Waals surface area contributed by atoms with Crippen molar-refractivity contribution in [3.8, 4) is 5.75 Å². The number of aryl methyl sites for hydroxylation is 1. The lowest BCUT2D eigenvalue weighted by Crippen LogP contribution is -2.39. The normalized spacial score (nSPS) is 21.8. The Hall–Kier alpha value is -1.32. The number of halogens is 1. The fraction of sp³-hybridized carbons (Fsp3) is 0.583. The lowest BCUT2D eigenvalue weighted by atomic mass is 10.1. The second-order valence-electron chi connectivity index (χ2n) is 4.28. The maximum Gasteiger partial charge on any atom is 0.172 e. The standard InChI is InChI=1S/C12H16N2O.FH/c1-2-9-5-6-13-12-11(9)15-8-10-4-3-7-14(10)12;/h5-6,10H,2-4,7-8H2,1H3;1H/t10-;/m1./s1. The van der Waals surface area contributed by atoms with Gasteiger partial charge in [-0.05, 0) is 30.9 Å². The Balaban J connectivity index is 0.000000963. The summed E-state index contributed by atoms with van der Waals surface area (Å²) < 4.78 is 5.86. The molecule has 2 aliphatic rings. The van der Waals surface area contributed by atoms with Gasteiger partial charge in [-0.25, -0.2) is 4.98 Å². The summed E-state index contributed by atoms with van der Waals surface area (Å²) in [7, 11) is 0. The first-order valence-corrected chi connectivity index (χ1v) is 5.77. The zero-order chi connectivity index (χ0) is 10.3. The Bertz CT molecular complexity index is 383. The number of anilines is 1. The molecule has 1 aromatic rings. The zero-order valence-electron chi connectivity index (χ0n) is 9.48. The third-order valence-electron chi connectivity index (χ3n) is 3.42. The summed E-state index contributed by atoms with van der Waals surface area (Å²) in [6.07, 6.45) is 5.44. The number of ether oxygens (including phenoxy) is 1. The highest BCUT2D eigenvalue weighted by atomic mass is 19.0. The van der Waals surface area contributed by atoms with Crippen LogP contribution in [-0.4, -0.2) is 24.2 Å². The molecule has 1 aromatic heterocycles. The maximum absolute atomic E-state index is 5.86. The molecule has 1 saturated heterocycles. The van der Waals surface area contributed by atoms with Crippen molar-refractivity contribution in [3.05, 3.63) is 17.8 Å². The molecule has 0 unspecified atom stereocenters. The van der Waals surface area contributed by atoms with Crippen molar-refractivity contribution < 1.29 is 9.44 Å². The molecule has 0 aliphatic carbocycles. The molecule has 88 valence electrons. The molecule has 16 heavy (non-hydrogen) atoms. The molecule has 4 heteroatoms. The first kappa shape index (κ1) is 11.2. The number of pyridine rings is 1. The van der Waals surface area contributed by atoms with E-state index in [-0.39, 0.29) is 4.70 Å². The molecule has 3 rings (SSSR count). The summed E-state index contributed by atoms with van der Waals surface area (Å²) in [5.41, 5.74) is 1.28. The molecule has 1 fully saturated rings. The number of hydrogen-bond donors (Lipinski definition) is 0. The Morgan fingerprint density at radius 3 is 3.25 bits per heavy atom. The van der Waals surface area contributed by atoms with E-state index < -0.39 is 0 Å². The molecule has 1 atom stereocenters. The Morgan fingerprint density at radius 1 is 1.56 bits per heavy atom. The zero-order valence-corrected chi connectivity index (χ0v) is 9.48. The maximum atomic E-state index is 5.86. The van der Waals surface area contributed by atoms with Crippen LogP contribution in [0.1, 0.15) is 25.3 Å². The lowest BCUT2D eigenvalue weighted by Gasteiger charge is -2.33. The van der Waals surface area contributed by atoms with Crippen molar-refractivity contribution in [1.82, 2.24) is 4.98 Å². The Labute approximate surface area is 94.8 Å². The van der Waals surface area contributed by atoms with Crippen LogP contribution >= 0.6 is 0 Å². The minimum absolute atomic E-state index is 0. The molecule has 0 N–H and O–H groups in total. The van der Waals surface area contributed by atoms with Crippen LogP contribution in [0, 0.1) is 0 Å². The first-order chi connectivity index (χ1) is 7.40. The smallest absolute Gasteiger partial charge is 0.172 e. The van der Waals surface area contributed by atoms with E-state index in [1.54, 1.807) is 0 Å². The van der Waals surface area contributed by atoms with Crippen LogP contribution in [0.15, 0.2) is 12.3 Å². The van der Waals surface area contributed by atoms with E-state index in [4.69, 9.17) is 4.74 Å². The van der Waals surface area contributed by atoms with Gasteiger partial charge in [0, 0.05) is 12.7 Å². The number of rotatable bonds is 1. The third-order valence-corrected chi connectivity index (χ3v) is 3.42. The molecule has 0 spiro atoms. The van der Waals surface area contributed by atoms with Crippen LogP contribution < -0.4 is 9.64 Å². The van der Waals surface area contributed by atoms with Gasteiger partial charge in [-0.1, -0.05) is 6.92 Å². The van der Waals surface area contributed by atoms with Gasteiger partial charge in [-0.3, -0.25) is 4.70 Å². The van der Waals surface area contributed by atoms with Gasteiger partial charge in [0.25, 0.3) is 0 Å². The van der Waals surface area contributed by atoms with Crippen molar-refractivity contribution in [3.63, 3.8) is 0 Å². The van der Waals surface area contributed by atoms with E-state index in [0.29, 0.717) is 6.04 Å². The van der Waals surface area contributed by atoms with Gasteiger partial charge >= 0.3 is 0 Å². The van der Waals surface area contributed by atoms with Crippen LogP contribution in [0.5, 0.6) is 5.75 Å². The third kappa shape index (κ3) is 1.52. The largest absolute Gasteiger partial charge is 0.487 e. The number of fused-ring (bicyclic) bond motifs is 3. The summed E-state index contributed by atoms with van der Waals surface area (Å²) in [5.74, 6) is 2.10. The van der Waals surface area contributed by atoms with Gasteiger partial charge in [0.05, 0.1) is 6.04 Å². The number of aromatic nitrogens is 1. The summed E-state index contributed by atoms with van der Waals surface area (Å²) in [6.45, 7) is 4.14. The second kappa shape index (κ2) is 4.28. The van der Waals surface area contributed by atoms with E-state index in [2.05, 4.69) is 22.9 Å². The van der Waals surface area contributed by atoms with E-state index in [9.17, 15) is 0 Å². The summed E-state index contributed by atoms with van der Waals surface area (Å²) in [6, 6.07) is 2.63. The summed E-state index contributed by atoms with van der Waals surface area (Å²) in [4.78, 5) is 6.89. The molecular weight excluding hydrogens is 207 g/mol. The highest BCUT2D eigenvalue weighted by Crippen LogP contribution is 2.38. The van der Waals surface area contributed by atoms with Gasteiger partial charge in [0.1, 0.15) is 6.61 Å². The van der Waals surface area contributed by atoms with Crippen molar-refractivity contribution in [2.75, 3.05) is 18.1 Å². The van der Waals surface area contributed by atoms with Gasteiger partial charge in [-0.15, -0.1) is 0 Å². The SMILES string of the molecule is CCc1ccnc2c1OC[C@H]1CCCN21.F. The van der Waals surface area contributed by atoms with Gasteiger partial charge < -0.3 is 9.64 Å². The minimum atomic E-state index is 0. The molecule has 3 nitrogen and oxygen atoms in total. The average molecular weight is 224 g/mol. The monoisotopic (exact) mass is 224 g/mol. The quantitative estimate of drug-likeness (QED) is 0.731. The predicted octanol–water partition coefficient (Wildman–Crippen LogP) is 2.16. The molecular formula is C12H17FN2O. The van der Waals surface area contributed by atoms with Gasteiger partial charge in [0.2, 0.25) is 0 Å². The lowest BCUT2D eigenvalue weighted by molar-refractivity contribution is 0.267. The Morgan fingerprint density at radius 2 is 2.44 bits per heavy atom. The molecule has 3 heterocycles. The van der Waals surface area contributed by atoms with Crippen LogP contribution in [-0.2, 0) is 6.42 Å². The van der Waals surface area contributed by atoms with E-state index in [0.717, 1.165) is 31.1 Å². The first-order valence-electron chi connectivity index (χ1n) is 5.77. The van der Waals surface area contributed by atoms with Crippen molar-refractivity contribution >= 4 is 5.82 Å². The molecule has 0 amide bonds. The van der Waals surface area contributed by atoms with Crippen LogP contribution in [0.4, 0.5) is 10.5 Å². The number of hydrogen-bond acceptors (Lipinski definition) is 3. The number of nitrogens with zero attached hydrogens (tertiary/aromatic N) is 2. The van der Waals surface area contributed by atoms with E-state index in [1.807, 2.05) is 6.20 Å². The van der Waals surface area contributed by atoms with Crippen molar-refractivity contribution in [2.24, 2.45) is 0 Å². The topological polar surface area (TPSA) is 25.4 Å². The average Bonchev–Trinajstić information content (AvgIpc) is 2.76. The summed E-state index contributed by atoms with van der Waals surface area (Å²) >= 11 is 0. The molecule has 0 aromatic carbocycles. The molecule has 0 saturated carbocycles. The highest BCUT2D eigenvalue weighted by molar-refractivity contribution is 5.59. The fourth-order valence-electron chi connectivity index (χ4n) is 2.58. The minimum Gasteiger partial charge on any atom is -0.487 e. The van der Waals surface area contributed by atoms with E-state index >= 15 is 0 Å². The molecule has 0 radical (unpaired) electrons. The van der Waals surface area contributed by atoms with Gasteiger partial charge in [-0.2, -0.15) is 0 Å². The molecule has 0 bridgehead atoms. The Kier molecular flexibility index (Phi) is 2.99. The van der Waals surface area contributed by atoms with Crippen molar-refractivity contribution in [2.45, 2.75) is 32.2 Å². The van der Waals surface area contributed by atoms with Crippen LogP contribution in [0.2, 0.25) is 0 Å². The van der Waals surface area contributed by atoms with Gasteiger partial charge in [0.15, 0.2) is 11.6 Å². The van der Waals surface area contributed by atoms with Crippen molar-refractivity contribution in [1.29, 1.82) is 0 Å². The van der Waals surface area contributed by atoms with Crippen LogP contribution in [0.3, 0.4) is 0 Å². The predicted molar refractivity (Wildman–Crippen MR) is 62.0 cm³/mol. The molecule has 2 aliphatic heterocycles. The van der Waals surface area contributed by atoms with Crippen LogP contribution in [0.25, 0.3) is 0 Å². The second-order valence-corrected chi connectivity index (χ2v) is 4.28. The highest BCUT2D eigenvalue weighted by Gasteiger charge is 2.33.